The van der Waals surface area contributed by atoms with Crippen molar-refractivity contribution in [2.75, 3.05) is 31.1 Å². The molecule has 1 aliphatic heterocycles. The second-order valence-corrected chi connectivity index (χ2v) is 11.1. The van der Waals surface area contributed by atoms with Crippen LogP contribution in [0.4, 0.5) is 5.82 Å². The standard InChI is InChI=1S/C30H38ClN5OS/c1-3-15-36(16-4-2)28-20-27(31)33-30(34-28)38-22-24-11-8-12-25(19-24)29(37)32-26-13-17-35(18-14-26)21-23-9-6-5-7-10-23/h5-12,19-20,26H,3-4,13-18,21-22H2,1-2H3,(H,32,37). The Kier molecular flexibility index (Phi) is 10.9. The van der Waals surface area contributed by atoms with Crippen LogP contribution in [0.1, 0.15) is 61.0 Å². The van der Waals surface area contributed by atoms with Crippen molar-refractivity contribution in [1.29, 1.82) is 0 Å². The van der Waals surface area contributed by atoms with E-state index in [-0.39, 0.29) is 11.9 Å². The van der Waals surface area contributed by atoms with Crippen molar-refractivity contribution in [3.05, 3.63) is 82.5 Å². The summed E-state index contributed by atoms with van der Waals surface area (Å²) in [5.74, 6) is 1.54. The third-order valence-electron chi connectivity index (χ3n) is 6.70. The molecule has 2 heterocycles. The Labute approximate surface area is 236 Å². The maximum absolute atomic E-state index is 13.0. The molecule has 0 aliphatic carbocycles. The Hall–Kier alpha value is -2.61. The molecule has 8 heteroatoms. The first-order chi connectivity index (χ1) is 18.5. The fourth-order valence-corrected chi connectivity index (χ4v) is 5.81. The summed E-state index contributed by atoms with van der Waals surface area (Å²) in [6, 6.07) is 20.5. The maximum Gasteiger partial charge on any atom is 0.251 e. The van der Waals surface area contributed by atoms with E-state index in [4.69, 9.17) is 16.6 Å². The Morgan fingerprint density at radius 3 is 2.42 bits per heavy atom. The van der Waals surface area contributed by atoms with Crippen molar-refractivity contribution in [3.63, 3.8) is 0 Å². The number of carbonyl (C=O) groups is 1. The Balaban J connectivity index is 1.30. The molecular formula is C30H38ClN5OS. The quantitative estimate of drug-likeness (QED) is 0.159. The second kappa shape index (κ2) is 14.5. The van der Waals surface area contributed by atoms with E-state index >= 15 is 0 Å². The van der Waals surface area contributed by atoms with Crippen LogP contribution in [0, 0.1) is 0 Å². The van der Waals surface area contributed by atoms with E-state index in [0.29, 0.717) is 21.6 Å². The van der Waals surface area contributed by atoms with E-state index in [1.165, 1.54) is 5.56 Å². The molecule has 202 valence electrons. The highest BCUT2D eigenvalue weighted by atomic mass is 35.5. The average molecular weight is 552 g/mol. The summed E-state index contributed by atoms with van der Waals surface area (Å²) in [5.41, 5.74) is 3.09. The van der Waals surface area contributed by atoms with Crippen molar-refractivity contribution in [2.45, 2.75) is 63.0 Å². The highest BCUT2D eigenvalue weighted by Crippen LogP contribution is 2.25. The molecular weight excluding hydrogens is 514 g/mol. The van der Waals surface area contributed by atoms with Crippen LogP contribution in [-0.2, 0) is 12.3 Å². The summed E-state index contributed by atoms with van der Waals surface area (Å²) >= 11 is 7.88. The number of anilines is 1. The predicted molar refractivity (Wildman–Crippen MR) is 158 cm³/mol. The van der Waals surface area contributed by atoms with Gasteiger partial charge in [-0.05, 0) is 48.9 Å². The SMILES string of the molecule is CCCN(CCC)c1cc(Cl)nc(SCc2cccc(C(=O)NC3CCN(Cc4ccccc4)CC3)c2)n1. The topological polar surface area (TPSA) is 61.4 Å². The number of likely N-dealkylation sites (tertiary alicyclic amines) is 1. The van der Waals surface area contributed by atoms with Crippen molar-refractivity contribution < 1.29 is 4.79 Å². The normalized spacial score (nSPS) is 14.4. The van der Waals surface area contributed by atoms with Crippen LogP contribution in [0.15, 0.2) is 65.8 Å². The van der Waals surface area contributed by atoms with Crippen LogP contribution < -0.4 is 10.2 Å². The number of piperidine rings is 1. The van der Waals surface area contributed by atoms with Crippen LogP contribution in [0.3, 0.4) is 0 Å². The third-order valence-corrected chi connectivity index (χ3v) is 7.81. The Bertz CT molecular complexity index is 1160. The van der Waals surface area contributed by atoms with Gasteiger partial charge in [0.1, 0.15) is 11.0 Å². The number of amides is 1. The lowest BCUT2D eigenvalue weighted by Crippen LogP contribution is -2.44. The minimum atomic E-state index is -0.00516. The zero-order chi connectivity index (χ0) is 26.7. The zero-order valence-electron chi connectivity index (χ0n) is 22.4. The van der Waals surface area contributed by atoms with Crippen molar-refractivity contribution in [2.24, 2.45) is 0 Å². The number of hydrogen-bond donors (Lipinski definition) is 1. The van der Waals surface area contributed by atoms with E-state index in [2.05, 4.69) is 64.3 Å². The summed E-state index contributed by atoms with van der Waals surface area (Å²) in [4.78, 5) is 26.9. The Morgan fingerprint density at radius 1 is 1.00 bits per heavy atom. The maximum atomic E-state index is 13.0. The number of aromatic nitrogens is 2. The summed E-state index contributed by atoms with van der Waals surface area (Å²) in [6.45, 7) is 9.16. The van der Waals surface area contributed by atoms with Gasteiger partial charge in [-0.3, -0.25) is 9.69 Å². The molecule has 0 unspecified atom stereocenters. The molecule has 0 bridgehead atoms. The fourth-order valence-electron chi connectivity index (χ4n) is 4.79. The van der Waals surface area contributed by atoms with Gasteiger partial charge in [-0.15, -0.1) is 0 Å². The number of nitrogens with one attached hydrogen (secondary N) is 1. The molecule has 0 radical (unpaired) electrons. The van der Waals surface area contributed by atoms with Gasteiger partial charge in [0.25, 0.3) is 5.91 Å². The predicted octanol–water partition coefficient (Wildman–Crippen LogP) is 6.44. The van der Waals surface area contributed by atoms with Gasteiger partial charge in [-0.2, -0.15) is 0 Å². The van der Waals surface area contributed by atoms with Crippen LogP contribution >= 0.6 is 23.4 Å². The number of halogens is 1. The van der Waals surface area contributed by atoms with Crippen molar-refractivity contribution in [3.8, 4) is 0 Å². The van der Waals surface area contributed by atoms with E-state index in [0.717, 1.165) is 69.8 Å². The first-order valence-electron chi connectivity index (χ1n) is 13.6. The summed E-state index contributed by atoms with van der Waals surface area (Å²) in [7, 11) is 0. The minimum absolute atomic E-state index is 0.00516. The van der Waals surface area contributed by atoms with Gasteiger partial charge in [0, 0.05) is 56.1 Å². The second-order valence-electron chi connectivity index (χ2n) is 9.82. The molecule has 1 N–H and O–H groups in total. The summed E-state index contributed by atoms with van der Waals surface area (Å²) in [5, 5.41) is 4.36. The van der Waals surface area contributed by atoms with E-state index in [1.807, 2.05) is 30.3 Å². The van der Waals surface area contributed by atoms with Crippen LogP contribution in [0.25, 0.3) is 0 Å². The number of carbonyl (C=O) groups excluding carboxylic acids is 1. The number of rotatable bonds is 12. The van der Waals surface area contributed by atoms with E-state index in [9.17, 15) is 4.79 Å². The van der Waals surface area contributed by atoms with E-state index in [1.54, 1.807) is 11.8 Å². The monoisotopic (exact) mass is 551 g/mol. The molecule has 0 saturated carbocycles. The van der Waals surface area contributed by atoms with Crippen LogP contribution in [-0.4, -0.2) is 53.0 Å². The van der Waals surface area contributed by atoms with Crippen molar-refractivity contribution >= 4 is 35.1 Å². The molecule has 0 atom stereocenters. The number of thioether (sulfide) groups is 1. The molecule has 0 spiro atoms. The molecule has 3 aromatic rings. The zero-order valence-corrected chi connectivity index (χ0v) is 24.0. The molecule has 1 fully saturated rings. The van der Waals surface area contributed by atoms with Gasteiger partial charge in [-0.1, -0.05) is 79.7 Å². The van der Waals surface area contributed by atoms with Gasteiger partial charge < -0.3 is 10.2 Å². The summed E-state index contributed by atoms with van der Waals surface area (Å²) < 4.78 is 0. The molecule has 38 heavy (non-hydrogen) atoms. The molecule has 1 amide bonds. The highest BCUT2D eigenvalue weighted by molar-refractivity contribution is 7.98. The number of benzene rings is 2. The van der Waals surface area contributed by atoms with Gasteiger partial charge in [0.15, 0.2) is 5.16 Å². The molecule has 4 rings (SSSR count). The largest absolute Gasteiger partial charge is 0.356 e. The molecule has 2 aromatic carbocycles. The van der Waals surface area contributed by atoms with Crippen molar-refractivity contribution in [1.82, 2.24) is 20.2 Å². The lowest BCUT2D eigenvalue weighted by atomic mass is 10.0. The Morgan fingerprint density at radius 2 is 1.71 bits per heavy atom. The van der Waals surface area contributed by atoms with Gasteiger partial charge in [0.05, 0.1) is 0 Å². The first kappa shape index (κ1) is 28.4. The van der Waals surface area contributed by atoms with E-state index < -0.39 is 0 Å². The van der Waals surface area contributed by atoms with Crippen LogP contribution in [0.2, 0.25) is 5.15 Å². The first-order valence-corrected chi connectivity index (χ1v) is 15.0. The molecule has 1 aromatic heterocycles. The molecule has 1 saturated heterocycles. The third kappa shape index (κ3) is 8.45. The fraction of sp³-hybridized carbons (Fsp3) is 0.433. The smallest absolute Gasteiger partial charge is 0.251 e. The lowest BCUT2D eigenvalue weighted by molar-refractivity contribution is 0.0909. The van der Waals surface area contributed by atoms with Gasteiger partial charge in [-0.25, -0.2) is 9.97 Å². The lowest BCUT2D eigenvalue weighted by Gasteiger charge is -2.32. The van der Waals surface area contributed by atoms with Gasteiger partial charge >= 0.3 is 0 Å². The molecule has 1 aliphatic rings. The highest BCUT2D eigenvalue weighted by Gasteiger charge is 2.21. The van der Waals surface area contributed by atoms with Gasteiger partial charge in [0.2, 0.25) is 0 Å². The molecule has 6 nitrogen and oxygen atoms in total. The summed E-state index contributed by atoms with van der Waals surface area (Å²) in [6.07, 6.45) is 4.03. The number of nitrogens with zero attached hydrogens (tertiary/aromatic N) is 4. The average Bonchev–Trinajstić information content (AvgIpc) is 2.93. The number of hydrogen-bond acceptors (Lipinski definition) is 6. The minimum Gasteiger partial charge on any atom is -0.356 e. The van der Waals surface area contributed by atoms with Crippen LogP contribution in [0.5, 0.6) is 0 Å².